The van der Waals surface area contributed by atoms with Crippen molar-refractivity contribution in [2.75, 3.05) is 5.32 Å². The molecular formula is C17H16BrClN2O3. The van der Waals surface area contributed by atoms with E-state index in [4.69, 9.17) is 16.3 Å². The van der Waals surface area contributed by atoms with E-state index in [9.17, 15) is 9.59 Å². The molecular weight excluding hydrogens is 396 g/mol. The lowest BCUT2D eigenvalue weighted by Gasteiger charge is -2.14. The standard InChI is InChI=1S/C17H16BrClN2O3/c1-11(16(22)21-13-7-8-15(19)14(18)9-13)20-17(23)24-10-12-5-3-2-4-6-12/h2-9,11H,10H2,1H3,(H,20,23)(H,21,22)/t11-/m1/s1. The Morgan fingerprint density at radius 2 is 1.92 bits per heavy atom. The lowest BCUT2D eigenvalue weighted by atomic mass is 10.2. The molecule has 1 atom stereocenters. The number of halogens is 2. The Morgan fingerprint density at radius 3 is 2.58 bits per heavy atom. The molecule has 2 aromatic carbocycles. The molecule has 0 fully saturated rings. The van der Waals surface area contributed by atoms with Crippen LogP contribution in [-0.2, 0) is 16.1 Å². The van der Waals surface area contributed by atoms with E-state index in [0.717, 1.165) is 5.56 Å². The summed E-state index contributed by atoms with van der Waals surface area (Å²) in [4.78, 5) is 23.8. The quantitative estimate of drug-likeness (QED) is 0.768. The molecule has 0 aliphatic rings. The Balaban J connectivity index is 1.82. The fourth-order valence-electron chi connectivity index (χ4n) is 1.83. The van der Waals surface area contributed by atoms with E-state index in [1.54, 1.807) is 25.1 Å². The van der Waals surface area contributed by atoms with Gasteiger partial charge in [-0.25, -0.2) is 4.79 Å². The van der Waals surface area contributed by atoms with Crippen molar-refractivity contribution in [3.8, 4) is 0 Å². The van der Waals surface area contributed by atoms with Crippen molar-refractivity contribution in [1.82, 2.24) is 5.32 Å². The second kappa shape index (κ2) is 8.70. The fourth-order valence-corrected chi connectivity index (χ4v) is 2.33. The molecule has 0 aliphatic heterocycles. The maximum atomic E-state index is 12.1. The van der Waals surface area contributed by atoms with Gasteiger partial charge in [0, 0.05) is 10.2 Å². The number of ether oxygens (including phenoxy) is 1. The third-order valence-electron chi connectivity index (χ3n) is 3.13. The van der Waals surface area contributed by atoms with E-state index in [2.05, 4.69) is 26.6 Å². The minimum atomic E-state index is -0.747. The molecule has 2 rings (SSSR count). The van der Waals surface area contributed by atoms with Crippen LogP contribution in [0.5, 0.6) is 0 Å². The summed E-state index contributed by atoms with van der Waals surface area (Å²) in [6.07, 6.45) is -0.654. The SMILES string of the molecule is C[C@@H](NC(=O)OCc1ccccc1)C(=O)Nc1ccc(Cl)c(Br)c1. The number of anilines is 1. The predicted octanol–water partition coefficient (Wildman–Crippen LogP) is 4.36. The minimum absolute atomic E-state index is 0.144. The van der Waals surface area contributed by atoms with E-state index in [1.807, 2.05) is 30.3 Å². The Bertz CT molecular complexity index is 725. The minimum Gasteiger partial charge on any atom is -0.445 e. The van der Waals surface area contributed by atoms with E-state index >= 15 is 0 Å². The van der Waals surface area contributed by atoms with Crippen LogP contribution in [0.15, 0.2) is 53.0 Å². The van der Waals surface area contributed by atoms with Crippen molar-refractivity contribution in [2.45, 2.75) is 19.6 Å². The van der Waals surface area contributed by atoms with Crippen molar-refractivity contribution in [3.05, 3.63) is 63.6 Å². The molecule has 0 spiro atoms. The number of alkyl carbamates (subject to hydrolysis) is 1. The third kappa shape index (κ3) is 5.54. The number of carbonyl (C=O) groups is 2. The zero-order chi connectivity index (χ0) is 17.5. The molecule has 7 heteroatoms. The van der Waals surface area contributed by atoms with Crippen LogP contribution in [0, 0.1) is 0 Å². The van der Waals surface area contributed by atoms with Gasteiger partial charge in [0.15, 0.2) is 0 Å². The van der Waals surface area contributed by atoms with Gasteiger partial charge in [0.1, 0.15) is 12.6 Å². The van der Waals surface area contributed by atoms with Crippen molar-refractivity contribution in [2.24, 2.45) is 0 Å². The van der Waals surface area contributed by atoms with Crippen LogP contribution in [0.2, 0.25) is 5.02 Å². The smallest absolute Gasteiger partial charge is 0.408 e. The van der Waals surface area contributed by atoms with Crippen molar-refractivity contribution in [3.63, 3.8) is 0 Å². The lowest BCUT2D eigenvalue weighted by Crippen LogP contribution is -2.41. The molecule has 0 unspecified atom stereocenters. The highest BCUT2D eigenvalue weighted by molar-refractivity contribution is 9.10. The molecule has 0 saturated carbocycles. The predicted molar refractivity (Wildman–Crippen MR) is 97.0 cm³/mol. The summed E-state index contributed by atoms with van der Waals surface area (Å²) in [5, 5.41) is 5.72. The molecule has 0 radical (unpaired) electrons. The highest BCUT2D eigenvalue weighted by atomic mass is 79.9. The second-order valence-electron chi connectivity index (χ2n) is 5.05. The fraction of sp³-hybridized carbons (Fsp3) is 0.176. The molecule has 5 nitrogen and oxygen atoms in total. The first-order valence-corrected chi connectivity index (χ1v) is 8.36. The number of rotatable bonds is 5. The molecule has 2 N–H and O–H groups in total. The Labute approximate surface area is 153 Å². The van der Waals surface area contributed by atoms with Crippen LogP contribution in [0.3, 0.4) is 0 Å². The number of carbonyl (C=O) groups excluding carboxylic acids is 2. The third-order valence-corrected chi connectivity index (χ3v) is 4.34. The normalized spacial score (nSPS) is 11.5. The van der Waals surface area contributed by atoms with Gasteiger partial charge in [0.2, 0.25) is 5.91 Å². The number of amides is 2. The van der Waals surface area contributed by atoms with Gasteiger partial charge in [0.05, 0.1) is 5.02 Å². The van der Waals surface area contributed by atoms with Crippen molar-refractivity contribution >= 4 is 45.2 Å². The van der Waals surface area contributed by atoms with E-state index < -0.39 is 12.1 Å². The van der Waals surface area contributed by atoms with Gasteiger partial charge in [-0.1, -0.05) is 41.9 Å². The summed E-state index contributed by atoms with van der Waals surface area (Å²) in [6.45, 7) is 1.72. The summed E-state index contributed by atoms with van der Waals surface area (Å²) in [6, 6.07) is 13.6. The number of hydrogen-bond acceptors (Lipinski definition) is 3. The average Bonchev–Trinajstić information content (AvgIpc) is 2.57. The zero-order valence-electron chi connectivity index (χ0n) is 12.9. The Morgan fingerprint density at radius 1 is 1.21 bits per heavy atom. The topological polar surface area (TPSA) is 67.4 Å². The summed E-state index contributed by atoms with van der Waals surface area (Å²) in [5.41, 5.74) is 1.44. The molecule has 2 amide bonds. The molecule has 0 aliphatic carbocycles. The molecule has 24 heavy (non-hydrogen) atoms. The van der Waals surface area contributed by atoms with Crippen LogP contribution < -0.4 is 10.6 Å². The summed E-state index contributed by atoms with van der Waals surface area (Å²) >= 11 is 9.18. The first kappa shape index (κ1) is 18.3. The van der Waals surface area contributed by atoms with E-state index in [0.29, 0.717) is 15.2 Å². The van der Waals surface area contributed by atoms with Gasteiger partial charge in [-0.2, -0.15) is 0 Å². The Kier molecular flexibility index (Phi) is 6.63. The molecule has 0 saturated heterocycles. The van der Waals surface area contributed by atoms with Gasteiger partial charge in [0.25, 0.3) is 0 Å². The van der Waals surface area contributed by atoms with Crippen molar-refractivity contribution in [1.29, 1.82) is 0 Å². The maximum Gasteiger partial charge on any atom is 0.408 e. The van der Waals surface area contributed by atoms with Gasteiger partial charge >= 0.3 is 6.09 Å². The summed E-state index contributed by atoms with van der Waals surface area (Å²) < 4.78 is 5.75. The lowest BCUT2D eigenvalue weighted by molar-refractivity contribution is -0.117. The Hall–Kier alpha value is -2.05. The van der Waals surface area contributed by atoms with Gasteiger partial charge in [-0.05, 0) is 46.6 Å². The number of benzene rings is 2. The summed E-state index contributed by atoms with van der Waals surface area (Å²) in [5.74, 6) is -0.360. The van der Waals surface area contributed by atoms with E-state index in [-0.39, 0.29) is 12.5 Å². The monoisotopic (exact) mass is 410 g/mol. The second-order valence-corrected chi connectivity index (χ2v) is 6.31. The first-order valence-electron chi connectivity index (χ1n) is 7.19. The zero-order valence-corrected chi connectivity index (χ0v) is 15.2. The number of hydrogen-bond donors (Lipinski definition) is 2. The van der Waals surface area contributed by atoms with Crippen molar-refractivity contribution < 1.29 is 14.3 Å². The molecule has 0 heterocycles. The van der Waals surface area contributed by atoms with Crippen LogP contribution in [0.1, 0.15) is 12.5 Å². The van der Waals surface area contributed by atoms with Crippen LogP contribution in [-0.4, -0.2) is 18.0 Å². The largest absolute Gasteiger partial charge is 0.445 e. The molecule has 0 bridgehead atoms. The average molecular weight is 412 g/mol. The van der Waals surface area contributed by atoms with Crippen LogP contribution >= 0.6 is 27.5 Å². The van der Waals surface area contributed by atoms with E-state index in [1.165, 1.54) is 0 Å². The number of nitrogens with one attached hydrogen (secondary N) is 2. The van der Waals surface area contributed by atoms with Crippen LogP contribution in [0.4, 0.5) is 10.5 Å². The van der Waals surface area contributed by atoms with Gasteiger partial charge < -0.3 is 15.4 Å². The summed E-state index contributed by atoms with van der Waals surface area (Å²) in [7, 11) is 0. The maximum absolute atomic E-state index is 12.1. The van der Waals surface area contributed by atoms with Gasteiger partial charge in [-0.15, -0.1) is 0 Å². The first-order chi connectivity index (χ1) is 11.5. The molecule has 0 aromatic heterocycles. The highest BCUT2D eigenvalue weighted by Crippen LogP contribution is 2.25. The highest BCUT2D eigenvalue weighted by Gasteiger charge is 2.16. The molecule has 2 aromatic rings. The van der Waals surface area contributed by atoms with Gasteiger partial charge in [-0.3, -0.25) is 4.79 Å². The molecule has 126 valence electrons. The van der Waals surface area contributed by atoms with Crippen LogP contribution in [0.25, 0.3) is 0 Å².